The Morgan fingerprint density at radius 1 is 0.451 bits per heavy atom. The van der Waals surface area contributed by atoms with E-state index in [9.17, 15) is 53.4 Å². The van der Waals surface area contributed by atoms with Crippen molar-refractivity contribution in [2.24, 2.45) is 0 Å². The van der Waals surface area contributed by atoms with Crippen molar-refractivity contribution in [2.45, 2.75) is 173 Å². The summed E-state index contributed by atoms with van der Waals surface area (Å²) in [5, 5.41) is 40.7. The minimum Gasteiger partial charge on any atom is -0.481 e. The SMILES string of the molecule is CCN(C)C(CC(=O)NC(CCCCNC(=O)COCCOCCNC(=O)COCCOCCNC(=O)CCC(NC(=O)CCCCCCCCCCCCCCCCC(=O)O)C(=O)O)C(C)=O)C(=O)O. The van der Waals surface area contributed by atoms with Gasteiger partial charge in [-0.2, -0.15) is 0 Å². The molecule has 0 radical (unpaired) electrons. The van der Waals surface area contributed by atoms with Crippen molar-refractivity contribution in [1.29, 1.82) is 0 Å². The predicted molar refractivity (Wildman–Crippen MR) is 263 cm³/mol. The first-order valence-electron chi connectivity index (χ1n) is 25.6. The van der Waals surface area contributed by atoms with Gasteiger partial charge in [-0.15, -0.1) is 0 Å². The lowest BCUT2D eigenvalue weighted by Gasteiger charge is -2.23. The van der Waals surface area contributed by atoms with Crippen LogP contribution in [0.5, 0.6) is 0 Å². The Bertz CT molecular complexity index is 1520. The van der Waals surface area contributed by atoms with Crippen LogP contribution in [0, 0.1) is 0 Å². The van der Waals surface area contributed by atoms with Crippen LogP contribution in [-0.4, -0.2) is 178 Å². The molecule has 8 N–H and O–H groups in total. The summed E-state index contributed by atoms with van der Waals surface area (Å²) in [5.74, 6) is -5.18. The van der Waals surface area contributed by atoms with Gasteiger partial charge in [-0.05, 0) is 59.0 Å². The number of Topliss-reactive ketones (excluding diaryl/α,β-unsaturated/α-hetero) is 1. The van der Waals surface area contributed by atoms with Gasteiger partial charge in [0.2, 0.25) is 29.5 Å². The highest BCUT2D eigenvalue weighted by atomic mass is 16.5. The van der Waals surface area contributed by atoms with E-state index in [4.69, 9.17) is 24.1 Å². The maximum Gasteiger partial charge on any atom is 0.326 e. The van der Waals surface area contributed by atoms with E-state index in [0.717, 1.165) is 44.9 Å². The standard InChI is InChI=1S/C49H88N6O16/c1-4-55(3)41(49(66)67)35-44(59)53-39(38(2)56)21-19-20-26-50-45(60)36-70-33-32-69-30-28-52-46(61)37-71-34-31-68-29-27-51-42(57)25-24-40(48(64)65)54-43(58)22-17-15-13-11-9-7-5-6-8-10-12-14-16-18-23-47(62)63/h39-41H,4-37H2,1-3H3,(H,50,60)(H,51,57)(H,52,61)(H,53,59)(H,54,58)(H,62,63)(H,64,65)(H,66,67). The normalized spacial score (nSPS) is 12.4. The summed E-state index contributed by atoms with van der Waals surface area (Å²) in [4.78, 5) is 108. The number of amides is 5. The monoisotopic (exact) mass is 1020 g/mol. The fraction of sp³-hybridized carbons (Fsp3) is 0.816. The second kappa shape index (κ2) is 45.1. The number of hydrogen-bond donors (Lipinski definition) is 8. The maximum atomic E-state index is 12.4. The Balaban J connectivity index is 3.78. The van der Waals surface area contributed by atoms with Crippen LogP contribution in [-0.2, 0) is 62.1 Å². The van der Waals surface area contributed by atoms with Crippen LogP contribution in [0.2, 0.25) is 0 Å². The molecule has 0 rings (SSSR count). The fourth-order valence-corrected chi connectivity index (χ4v) is 7.13. The lowest BCUT2D eigenvalue weighted by molar-refractivity contribution is -0.145. The minimum atomic E-state index is -1.20. The van der Waals surface area contributed by atoms with Crippen LogP contribution in [0.25, 0.3) is 0 Å². The molecule has 0 bridgehead atoms. The number of rotatable bonds is 50. The Morgan fingerprint density at radius 3 is 1.37 bits per heavy atom. The lowest BCUT2D eigenvalue weighted by atomic mass is 10.0. The second-order valence-corrected chi connectivity index (χ2v) is 17.6. The molecule has 0 aromatic heterocycles. The summed E-state index contributed by atoms with van der Waals surface area (Å²) in [6.07, 6.45) is 16.5. The molecule has 0 aromatic carbocycles. The Hall–Kier alpha value is -4.77. The quantitative estimate of drug-likeness (QED) is 0.0406. The molecule has 22 nitrogen and oxygen atoms in total. The summed E-state index contributed by atoms with van der Waals surface area (Å²) in [6.45, 7) is 5.05. The van der Waals surface area contributed by atoms with Gasteiger partial charge in [0, 0.05) is 38.9 Å². The number of ether oxygens (including phenoxy) is 4. The van der Waals surface area contributed by atoms with Crippen LogP contribution >= 0.6 is 0 Å². The zero-order valence-electron chi connectivity index (χ0n) is 42.9. The van der Waals surface area contributed by atoms with E-state index in [1.54, 1.807) is 14.0 Å². The smallest absolute Gasteiger partial charge is 0.326 e. The molecule has 0 aliphatic rings. The number of nitrogens with one attached hydrogen (secondary N) is 5. The van der Waals surface area contributed by atoms with Crippen LogP contribution < -0.4 is 26.6 Å². The van der Waals surface area contributed by atoms with Crippen molar-refractivity contribution in [2.75, 3.05) is 86.1 Å². The number of carboxylic acid groups (broad SMARTS) is 3. The summed E-state index contributed by atoms with van der Waals surface area (Å²) in [7, 11) is 1.61. The number of unbranched alkanes of at least 4 members (excludes halogenated alkanes) is 14. The molecule has 3 unspecified atom stereocenters. The van der Waals surface area contributed by atoms with E-state index in [0.29, 0.717) is 38.8 Å². The topological polar surface area (TPSA) is 315 Å². The third kappa shape index (κ3) is 41.5. The van der Waals surface area contributed by atoms with Crippen LogP contribution in [0.4, 0.5) is 0 Å². The average molecular weight is 1020 g/mol. The molecule has 0 aliphatic carbocycles. The molecule has 0 aliphatic heterocycles. The number of carbonyl (C=O) groups is 9. The first-order valence-corrected chi connectivity index (χ1v) is 25.6. The first kappa shape index (κ1) is 66.2. The van der Waals surface area contributed by atoms with Crippen molar-refractivity contribution in [3.05, 3.63) is 0 Å². The Labute approximate surface area is 420 Å². The maximum absolute atomic E-state index is 12.4. The minimum absolute atomic E-state index is 0.0420. The van der Waals surface area contributed by atoms with Crippen LogP contribution in [0.3, 0.4) is 0 Å². The van der Waals surface area contributed by atoms with E-state index in [-0.39, 0.29) is 127 Å². The van der Waals surface area contributed by atoms with E-state index in [2.05, 4.69) is 26.6 Å². The van der Waals surface area contributed by atoms with Gasteiger partial charge in [0.05, 0.1) is 52.1 Å². The third-order valence-electron chi connectivity index (χ3n) is 11.4. The lowest BCUT2D eigenvalue weighted by Crippen LogP contribution is -2.46. The molecular weight excluding hydrogens is 929 g/mol. The second-order valence-electron chi connectivity index (χ2n) is 17.6. The average Bonchev–Trinajstić information content (AvgIpc) is 3.32. The van der Waals surface area contributed by atoms with E-state index < -0.39 is 41.9 Å². The number of likely N-dealkylation sites (N-methyl/N-ethyl adjacent to an activating group) is 1. The molecular formula is C49H88N6O16. The van der Waals surface area contributed by atoms with Gasteiger partial charge < -0.3 is 60.9 Å². The highest BCUT2D eigenvalue weighted by Gasteiger charge is 2.27. The van der Waals surface area contributed by atoms with Crippen LogP contribution in [0.1, 0.15) is 155 Å². The molecule has 0 fully saturated rings. The van der Waals surface area contributed by atoms with E-state index in [1.807, 2.05) is 0 Å². The number of carbonyl (C=O) groups excluding carboxylic acids is 6. The number of aliphatic carboxylic acids is 3. The van der Waals surface area contributed by atoms with Gasteiger partial charge in [0.1, 0.15) is 25.3 Å². The summed E-state index contributed by atoms with van der Waals surface area (Å²) in [6, 6.07) is -2.89. The van der Waals surface area contributed by atoms with Gasteiger partial charge in [-0.1, -0.05) is 84.0 Å². The van der Waals surface area contributed by atoms with Crippen molar-refractivity contribution in [1.82, 2.24) is 31.5 Å². The summed E-state index contributed by atoms with van der Waals surface area (Å²) in [5.41, 5.74) is 0. The molecule has 410 valence electrons. The van der Waals surface area contributed by atoms with Crippen molar-refractivity contribution in [3.8, 4) is 0 Å². The molecule has 22 heteroatoms. The van der Waals surface area contributed by atoms with Crippen molar-refractivity contribution < 1.29 is 77.4 Å². The molecule has 0 aromatic rings. The Morgan fingerprint density at radius 2 is 0.901 bits per heavy atom. The predicted octanol–water partition coefficient (Wildman–Crippen LogP) is 3.12. The molecule has 0 spiro atoms. The van der Waals surface area contributed by atoms with Crippen molar-refractivity contribution >= 4 is 53.2 Å². The van der Waals surface area contributed by atoms with Gasteiger partial charge in [0.15, 0.2) is 5.78 Å². The van der Waals surface area contributed by atoms with E-state index >= 15 is 0 Å². The fourth-order valence-electron chi connectivity index (χ4n) is 7.13. The highest BCUT2D eigenvalue weighted by Crippen LogP contribution is 2.14. The van der Waals surface area contributed by atoms with Gasteiger partial charge in [-0.25, -0.2) is 4.79 Å². The van der Waals surface area contributed by atoms with Gasteiger partial charge >= 0.3 is 17.9 Å². The molecule has 0 saturated carbocycles. The van der Waals surface area contributed by atoms with Gasteiger partial charge in [0.25, 0.3) is 0 Å². The number of hydrogen-bond acceptors (Lipinski definition) is 14. The molecule has 5 amide bonds. The van der Waals surface area contributed by atoms with E-state index in [1.165, 1.54) is 50.3 Å². The van der Waals surface area contributed by atoms with Gasteiger partial charge in [-0.3, -0.25) is 43.3 Å². The largest absolute Gasteiger partial charge is 0.481 e. The molecule has 71 heavy (non-hydrogen) atoms. The third-order valence-corrected chi connectivity index (χ3v) is 11.4. The number of ketones is 1. The molecule has 0 heterocycles. The number of nitrogens with zero attached hydrogens (tertiary/aromatic N) is 1. The highest BCUT2D eigenvalue weighted by molar-refractivity contribution is 5.90. The van der Waals surface area contributed by atoms with Crippen molar-refractivity contribution in [3.63, 3.8) is 0 Å². The number of carboxylic acids is 3. The first-order chi connectivity index (χ1) is 34.1. The molecule has 3 atom stereocenters. The zero-order chi connectivity index (χ0) is 52.9. The molecule has 0 saturated heterocycles. The Kier molecular flexibility index (Phi) is 42.1. The summed E-state index contributed by atoms with van der Waals surface area (Å²) < 4.78 is 21.4. The zero-order valence-corrected chi connectivity index (χ0v) is 42.9. The summed E-state index contributed by atoms with van der Waals surface area (Å²) >= 11 is 0. The van der Waals surface area contributed by atoms with Crippen LogP contribution in [0.15, 0.2) is 0 Å².